The molecule has 0 bridgehead atoms. The number of thiol groups is 1. The minimum absolute atomic E-state index is 0.238. The molecule has 0 aliphatic heterocycles. The summed E-state index contributed by atoms with van der Waals surface area (Å²) in [6.45, 7) is 0. The van der Waals surface area contributed by atoms with Crippen LogP contribution in [0.25, 0.3) is 5.65 Å². The van der Waals surface area contributed by atoms with E-state index in [-0.39, 0.29) is 5.56 Å². The van der Waals surface area contributed by atoms with Gasteiger partial charge < -0.3 is 4.98 Å². The van der Waals surface area contributed by atoms with Crippen molar-refractivity contribution in [1.82, 2.24) is 19.6 Å². The number of nitrogens with zero attached hydrogens (tertiary/aromatic N) is 3. The highest BCUT2D eigenvalue weighted by molar-refractivity contribution is 7.79. The lowest BCUT2D eigenvalue weighted by Crippen LogP contribution is -2.09. The maximum atomic E-state index is 11.1. The van der Waals surface area contributed by atoms with Crippen molar-refractivity contribution in [2.45, 2.75) is 5.75 Å². The van der Waals surface area contributed by atoms with Crippen LogP contribution in [0.5, 0.6) is 0 Å². The van der Waals surface area contributed by atoms with Crippen molar-refractivity contribution in [2.75, 3.05) is 0 Å². The normalized spacial score (nSPS) is 10.8. The predicted octanol–water partition coefficient (Wildman–Crippen LogP) is -0.153. The Labute approximate surface area is 72.9 Å². The molecule has 0 atom stereocenters. The first-order valence-electron chi connectivity index (χ1n) is 3.35. The van der Waals surface area contributed by atoms with Crippen LogP contribution in [0, 0.1) is 0 Å². The highest BCUT2D eigenvalue weighted by Gasteiger charge is 2.04. The molecule has 2 aromatic rings. The van der Waals surface area contributed by atoms with Crippen LogP contribution in [0.1, 0.15) is 5.82 Å². The maximum absolute atomic E-state index is 11.1. The summed E-state index contributed by atoms with van der Waals surface area (Å²) in [7, 11) is 0. The predicted molar refractivity (Wildman–Crippen MR) is 46.3 cm³/mol. The second kappa shape index (κ2) is 2.63. The molecule has 0 aromatic carbocycles. The van der Waals surface area contributed by atoms with E-state index in [1.54, 1.807) is 16.8 Å². The van der Waals surface area contributed by atoms with E-state index in [1.165, 1.54) is 0 Å². The van der Waals surface area contributed by atoms with Crippen molar-refractivity contribution in [3.63, 3.8) is 0 Å². The lowest BCUT2D eigenvalue weighted by Gasteiger charge is -1.92. The van der Waals surface area contributed by atoms with Crippen molar-refractivity contribution in [3.05, 3.63) is 28.6 Å². The Morgan fingerprint density at radius 2 is 2.42 bits per heavy atom. The molecule has 2 heterocycles. The molecule has 12 heavy (non-hydrogen) atoms. The molecular formula is C6H6N4OS. The fraction of sp³-hybridized carbons (Fsp3) is 0.167. The third-order valence-electron chi connectivity index (χ3n) is 1.55. The first-order chi connectivity index (χ1) is 5.83. The lowest BCUT2D eigenvalue weighted by atomic mass is 10.6. The number of aromatic nitrogens is 4. The zero-order valence-corrected chi connectivity index (χ0v) is 6.95. The number of hydrogen-bond donors (Lipinski definition) is 2. The third-order valence-corrected chi connectivity index (χ3v) is 1.83. The van der Waals surface area contributed by atoms with E-state index in [2.05, 4.69) is 27.8 Å². The smallest absolute Gasteiger partial charge is 0.293 e. The molecule has 0 amide bonds. The number of aromatic amines is 1. The Morgan fingerprint density at radius 3 is 3.17 bits per heavy atom. The van der Waals surface area contributed by atoms with Gasteiger partial charge in [0.2, 0.25) is 5.65 Å². The fourth-order valence-corrected chi connectivity index (χ4v) is 1.21. The van der Waals surface area contributed by atoms with Gasteiger partial charge in [-0.3, -0.25) is 9.20 Å². The van der Waals surface area contributed by atoms with Gasteiger partial charge >= 0.3 is 0 Å². The molecule has 0 fully saturated rings. The molecule has 0 saturated carbocycles. The van der Waals surface area contributed by atoms with Crippen LogP contribution in [0.4, 0.5) is 0 Å². The van der Waals surface area contributed by atoms with Crippen molar-refractivity contribution < 1.29 is 0 Å². The molecule has 0 spiro atoms. The van der Waals surface area contributed by atoms with Crippen molar-refractivity contribution in [1.29, 1.82) is 0 Å². The van der Waals surface area contributed by atoms with Crippen LogP contribution in [-0.4, -0.2) is 19.6 Å². The van der Waals surface area contributed by atoms with Gasteiger partial charge in [0, 0.05) is 12.4 Å². The molecule has 2 rings (SSSR count). The summed E-state index contributed by atoms with van der Waals surface area (Å²) in [6, 6.07) is 0. The molecule has 0 unspecified atom stereocenters. The van der Waals surface area contributed by atoms with Gasteiger partial charge in [-0.1, -0.05) is 0 Å². The van der Waals surface area contributed by atoms with Crippen LogP contribution in [0.2, 0.25) is 0 Å². The fourth-order valence-electron chi connectivity index (χ4n) is 0.995. The van der Waals surface area contributed by atoms with Crippen LogP contribution in [-0.2, 0) is 5.75 Å². The average molecular weight is 182 g/mol. The van der Waals surface area contributed by atoms with E-state index in [1.807, 2.05) is 0 Å². The van der Waals surface area contributed by atoms with Crippen molar-refractivity contribution in [3.8, 4) is 0 Å². The summed E-state index contributed by atoms with van der Waals surface area (Å²) in [5.41, 5.74) is 0.0691. The van der Waals surface area contributed by atoms with E-state index in [9.17, 15) is 4.79 Å². The summed E-state index contributed by atoms with van der Waals surface area (Å²) >= 11 is 4.05. The zero-order chi connectivity index (χ0) is 8.55. The van der Waals surface area contributed by atoms with E-state index in [0.717, 1.165) is 0 Å². The molecule has 2 aromatic heterocycles. The Morgan fingerprint density at radius 1 is 1.58 bits per heavy atom. The monoisotopic (exact) mass is 182 g/mol. The molecule has 0 aliphatic rings. The summed E-state index contributed by atoms with van der Waals surface area (Å²) in [4.78, 5) is 13.6. The van der Waals surface area contributed by atoms with Crippen LogP contribution in [0.3, 0.4) is 0 Å². The topological polar surface area (TPSA) is 63.0 Å². The van der Waals surface area contributed by atoms with Crippen molar-refractivity contribution in [2.24, 2.45) is 0 Å². The first kappa shape index (κ1) is 7.35. The van der Waals surface area contributed by atoms with Gasteiger partial charge in [0.25, 0.3) is 5.56 Å². The van der Waals surface area contributed by atoms with Gasteiger partial charge in [-0.15, -0.1) is 10.2 Å². The van der Waals surface area contributed by atoms with Gasteiger partial charge in [-0.25, -0.2) is 0 Å². The Kier molecular flexibility index (Phi) is 1.61. The summed E-state index contributed by atoms with van der Waals surface area (Å²) < 4.78 is 1.62. The van der Waals surface area contributed by atoms with Gasteiger partial charge in [0.1, 0.15) is 5.82 Å². The molecule has 0 saturated heterocycles. The SMILES string of the molecule is O=c1[nH]ccn2c(CS)nnc12. The minimum atomic E-state index is -0.238. The van der Waals surface area contributed by atoms with E-state index < -0.39 is 0 Å². The third kappa shape index (κ3) is 0.918. The number of nitrogens with one attached hydrogen (secondary N) is 1. The number of fused-ring (bicyclic) bond motifs is 1. The van der Waals surface area contributed by atoms with E-state index in [0.29, 0.717) is 17.2 Å². The van der Waals surface area contributed by atoms with Crippen LogP contribution < -0.4 is 5.56 Å². The summed E-state index contributed by atoms with van der Waals surface area (Å²) in [5.74, 6) is 1.13. The Balaban J connectivity index is 2.89. The second-order valence-electron chi connectivity index (χ2n) is 2.26. The largest absolute Gasteiger partial charge is 0.324 e. The molecule has 5 nitrogen and oxygen atoms in total. The van der Waals surface area contributed by atoms with Gasteiger partial charge in [0.05, 0.1) is 5.75 Å². The maximum Gasteiger partial charge on any atom is 0.293 e. The second-order valence-corrected chi connectivity index (χ2v) is 2.57. The number of rotatable bonds is 1. The van der Waals surface area contributed by atoms with Crippen molar-refractivity contribution >= 4 is 18.3 Å². The summed E-state index contributed by atoms with van der Waals surface area (Å²) in [6.07, 6.45) is 3.24. The first-order valence-corrected chi connectivity index (χ1v) is 3.98. The van der Waals surface area contributed by atoms with Gasteiger partial charge in [0.15, 0.2) is 0 Å². The highest BCUT2D eigenvalue weighted by atomic mass is 32.1. The number of H-pyrrole nitrogens is 1. The molecule has 1 N–H and O–H groups in total. The van der Waals surface area contributed by atoms with Gasteiger partial charge in [-0.2, -0.15) is 12.6 Å². The molecule has 62 valence electrons. The minimum Gasteiger partial charge on any atom is -0.324 e. The van der Waals surface area contributed by atoms with Crippen LogP contribution in [0.15, 0.2) is 17.2 Å². The zero-order valence-electron chi connectivity index (χ0n) is 6.06. The molecule has 6 heteroatoms. The highest BCUT2D eigenvalue weighted by Crippen LogP contribution is 1.99. The Hall–Kier alpha value is -1.30. The molecule has 0 radical (unpaired) electrons. The Bertz CT molecular complexity index is 460. The lowest BCUT2D eigenvalue weighted by molar-refractivity contribution is 0.986. The van der Waals surface area contributed by atoms with Gasteiger partial charge in [-0.05, 0) is 0 Å². The quantitative estimate of drug-likeness (QED) is 0.603. The standard InChI is InChI=1S/C6H6N4OS/c11-6-5-9-8-4(3-12)10(5)2-1-7-6/h1-2,12H,3H2,(H,7,11). The summed E-state index contributed by atoms with van der Waals surface area (Å²) in [5, 5.41) is 7.50. The van der Waals surface area contributed by atoms with Crippen LogP contribution >= 0.6 is 12.6 Å². The van der Waals surface area contributed by atoms with E-state index in [4.69, 9.17) is 0 Å². The molecule has 0 aliphatic carbocycles. The number of hydrogen-bond acceptors (Lipinski definition) is 4. The molecular weight excluding hydrogens is 176 g/mol. The van der Waals surface area contributed by atoms with E-state index >= 15 is 0 Å². The average Bonchev–Trinajstić information content (AvgIpc) is 2.49.